The lowest BCUT2D eigenvalue weighted by atomic mass is 10.1. The van der Waals surface area contributed by atoms with Gasteiger partial charge in [-0.15, -0.1) is 0 Å². The zero-order valence-electron chi connectivity index (χ0n) is 15.2. The van der Waals surface area contributed by atoms with Crippen LogP contribution in [0.5, 0.6) is 0 Å². The highest BCUT2D eigenvalue weighted by Gasteiger charge is 2.22. The molecule has 0 saturated heterocycles. The standard InChI is InChI=1S/C20H25N3O2/c1-4-7-16-8-9-18-17(14-16)15(3)19(25-18)20(24)22(5-2)12-13-23-11-6-10-21-23/h6,8-11,14H,4-5,7,12-13H2,1-3H3. The summed E-state index contributed by atoms with van der Waals surface area (Å²) in [4.78, 5) is 14.7. The fraction of sp³-hybridized carbons (Fsp3) is 0.400. The molecular weight excluding hydrogens is 314 g/mol. The van der Waals surface area contributed by atoms with E-state index in [9.17, 15) is 4.79 Å². The van der Waals surface area contributed by atoms with Crippen molar-refractivity contribution in [1.82, 2.24) is 14.7 Å². The quantitative estimate of drug-likeness (QED) is 0.652. The molecule has 132 valence electrons. The maximum Gasteiger partial charge on any atom is 0.289 e. The van der Waals surface area contributed by atoms with Crippen molar-refractivity contribution in [1.29, 1.82) is 0 Å². The fourth-order valence-electron chi connectivity index (χ4n) is 3.12. The number of hydrogen-bond donors (Lipinski definition) is 0. The van der Waals surface area contributed by atoms with Crippen LogP contribution in [0.25, 0.3) is 11.0 Å². The number of aromatic nitrogens is 2. The van der Waals surface area contributed by atoms with Crippen LogP contribution in [-0.4, -0.2) is 33.7 Å². The summed E-state index contributed by atoms with van der Waals surface area (Å²) in [6.07, 6.45) is 5.79. The molecule has 0 unspecified atom stereocenters. The Hall–Kier alpha value is -2.56. The molecule has 0 aliphatic carbocycles. The minimum Gasteiger partial charge on any atom is -0.451 e. The van der Waals surface area contributed by atoms with Crippen molar-refractivity contribution in [3.05, 3.63) is 53.5 Å². The first-order valence-electron chi connectivity index (χ1n) is 8.92. The van der Waals surface area contributed by atoms with E-state index in [2.05, 4.69) is 24.2 Å². The van der Waals surface area contributed by atoms with Crippen LogP contribution in [0.15, 0.2) is 41.1 Å². The number of carbonyl (C=O) groups excluding carboxylic acids is 1. The molecule has 0 spiro atoms. The third-order valence-electron chi connectivity index (χ3n) is 4.56. The summed E-state index contributed by atoms with van der Waals surface area (Å²) in [5.74, 6) is 0.395. The highest BCUT2D eigenvalue weighted by molar-refractivity contribution is 5.99. The van der Waals surface area contributed by atoms with Gasteiger partial charge in [0.15, 0.2) is 5.76 Å². The molecule has 5 heteroatoms. The molecule has 0 bridgehead atoms. The second-order valence-electron chi connectivity index (χ2n) is 6.29. The van der Waals surface area contributed by atoms with Gasteiger partial charge in [-0.2, -0.15) is 5.10 Å². The van der Waals surface area contributed by atoms with Crippen LogP contribution in [-0.2, 0) is 13.0 Å². The molecule has 0 saturated carbocycles. The van der Waals surface area contributed by atoms with Gasteiger partial charge in [0.05, 0.1) is 6.54 Å². The Bertz CT molecular complexity index is 849. The zero-order valence-corrected chi connectivity index (χ0v) is 15.2. The van der Waals surface area contributed by atoms with E-state index in [1.165, 1.54) is 5.56 Å². The predicted molar refractivity (Wildman–Crippen MR) is 98.8 cm³/mol. The minimum absolute atomic E-state index is 0.0552. The van der Waals surface area contributed by atoms with Crippen molar-refractivity contribution in [2.75, 3.05) is 13.1 Å². The van der Waals surface area contributed by atoms with E-state index in [-0.39, 0.29) is 5.91 Å². The van der Waals surface area contributed by atoms with Crippen molar-refractivity contribution < 1.29 is 9.21 Å². The molecule has 0 aliphatic rings. The Morgan fingerprint density at radius 1 is 1.32 bits per heavy atom. The molecule has 0 atom stereocenters. The Balaban J connectivity index is 1.83. The van der Waals surface area contributed by atoms with Crippen LogP contribution in [0, 0.1) is 6.92 Å². The van der Waals surface area contributed by atoms with Gasteiger partial charge >= 0.3 is 0 Å². The Labute approximate surface area is 148 Å². The van der Waals surface area contributed by atoms with E-state index in [1.54, 1.807) is 11.1 Å². The van der Waals surface area contributed by atoms with E-state index >= 15 is 0 Å². The first-order chi connectivity index (χ1) is 12.1. The first-order valence-corrected chi connectivity index (χ1v) is 8.92. The molecule has 0 radical (unpaired) electrons. The summed E-state index contributed by atoms with van der Waals surface area (Å²) in [6, 6.07) is 8.09. The summed E-state index contributed by atoms with van der Waals surface area (Å²) in [5.41, 5.74) is 2.99. The van der Waals surface area contributed by atoms with Crippen molar-refractivity contribution in [3.63, 3.8) is 0 Å². The van der Waals surface area contributed by atoms with Crippen LogP contribution in [0.4, 0.5) is 0 Å². The summed E-state index contributed by atoms with van der Waals surface area (Å²) in [7, 11) is 0. The number of furan rings is 1. The Morgan fingerprint density at radius 3 is 2.84 bits per heavy atom. The number of hydrogen-bond acceptors (Lipinski definition) is 3. The minimum atomic E-state index is -0.0552. The zero-order chi connectivity index (χ0) is 17.8. The Morgan fingerprint density at radius 2 is 2.16 bits per heavy atom. The molecule has 2 aromatic heterocycles. The van der Waals surface area contributed by atoms with Crippen LogP contribution < -0.4 is 0 Å². The summed E-state index contributed by atoms with van der Waals surface area (Å²) < 4.78 is 7.73. The fourth-order valence-corrected chi connectivity index (χ4v) is 3.12. The van der Waals surface area contributed by atoms with E-state index in [0.29, 0.717) is 25.4 Å². The number of likely N-dealkylation sites (N-methyl/N-ethyl adjacent to an activating group) is 1. The average molecular weight is 339 g/mol. The monoisotopic (exact) mass is 339 g/mol. The third-order valence-corrected chi connectivity index (χ3v) is 4.56. The lowest BCUT2D eigenvalue weighted by molar-refractivity contribution is 0.0726. The molecule has 5 nitrogen and oxygen atoms in total. The highest BCUT2D eigenvalue weighted by atomic mass is 16.3. The van der Waals surface area contributed by atoms with Gasteiger partial charge in [0.25, 0.3) is 5.91 Å². The third kappa shape index (κ3) is 3.60. The lowest BCUT2D eigenvalue weighted by Gasteiger charge is -2.19. The number of amides is 1. The topological polar surface area (TPSA) is 51.3 Å². The normalized spacial score (nSPS) is 11.2. The van der Waals surface area contributed by atoms with Gasteiger partial charge in [0, 0.05) is 36.4 Å². The maximum atomic E-state index is 12.9. The van der Waals surface area contributed by atoms with Crippen LogP contribution in [0.3, 0.4) is 0 Å². The smallest absolute Gasteiger partial charge is 0.289 e. The van der Waals surface area contributed by atoms with Gasteiger partial charge < -0.3 is 9.32 Å². The van der Waals surface area contributed by atoms with Gasteiger partial charge in [-0.25, -0.2) is 0 Å². The van der Waals surface area contributed by atoms with Crippen molar-refractivity contribution in [2.45, 2.75) is 40.2 Å². The van der Waals surface area contributed by atoms with Crippen LogP contribution >= 0.6 is 0 Å². The van der Waals surface area contributed by atoms with Gasteiger partial charge in [0.2, 0.25) is 0 Å². The molecule has 2 heterocycles. The summed E-state index contributed by atoms with van der Waals surface area (Å²) in [5, 5.41) is 5.23. The molecule has 3 aromatic rings. The number of carbonyl (C=O) groups is 1. The first kappa shape index (κ1) is 17.3. The van der Waals surface area contributed by atoms with E-state index in [1.807, 2.05) is 36.9 Å². The van der Waals surface area contributed by atoms with Crippen molar-refractivity contribution in [2.24, 2.45) is 0 Å². The molecule has 3 rings (SSSR count). The van der Waals surface area contributed by atoms with Crippen molar-refractivity contribution >= 4 is 16.9 Å². The van der Waals surface area contributed by atoms with E-state index in [4.69, 9.17) is 4.42 Å². The predicted octanol–water partition coefficient (Wildman–Crippen LogP) is 4.05. The lowest BCUT2D eigenvalue weighted by Crippen LogP contribution is -2.34. The second kappa shape index (κ2) is 7.55. The Kier molecular flexibility index (Phi) is 5.22. The molecule has 25 heavy (non-hydrogen) atoms. The number of aryl methyl sites for hydroxylation is 2. The van der Waals surface area contributed by atoms with Gasteiger partial charge in [-0.05, 0) is 44.0 Å². The molecule has 0 fully saturated rings. The molecular formula is C20H25N3O2. The highest BCUT2D eigenvalue weighted by Crippen LogP contribution is 2.27. The van der Waals surface area contributed by atoms with E-state index in [0.717, 1.165) is 29.4 Å². The SMILES string of the molecule is CCCc1ccc2oc(C(=O)N(CC)CCn3cccn3)c(C)c2c1. The van der Waals surface area contributed by atoms with Gasteiger partial charge in [0.1, 0.15) is 5.58 Å². The molecule has 1 amide bonds. The van der Waals surface area contributed by atoms with Crippen LogP contribution in [0.1, 0.15) is 41.9 Å². The molecule has 1 aromatic carbocycles. The summed E-state index contributed by atoms with van der Waals surface area (Å²) in [6.45, 7) is 8.04. The number of fused-ring (bicyclic) bond motifs is 1. The second-order valence-corrected chi connectivity index (χ2v) is 6.29. The summed E-state index contributed by atoms with van der Waals surface area (Å²) >= 11 is 0. The van der Waals surface area contributed by atoms with Crippen LogP contribution in [0.2, 0.25) is 0 Å². The average Bonchev–Trinajstić information content (AvgIpc) is 3.24. The van der Waals surface area contributed by atoms with E-state index < -0.39 is 0 Å². The number of benzene rings is 1. The largest absolute Gasteiger partial charge is 0.451 e. The van der Waals surface area contributed by atoms with Crippen molar-refractivity contribution in [3.8, 4) is 0 Å². The van der Waals surface area contributed by atoms with Gasteiger partial charge in [-0.1, -0.05) is 19.4 Å². The maximum absolute atomic E-state index is 12.9. The number of nitrogens with zero attached hydrogens (tertiary/aromatic N) is 3. The number of rotatable bonds is 7. The van der Waals surface area contributed by atoms with Gasteiger partial charge in [-0.3, -0.25) is 9.48 Å². The molecule has 0 N–H and O–H groups in total. The molecule has 0 aliphatic heterocycles.